The van der Waals surface area contributed by atoms with Crippen LogP contribution in [0.25, 0.3) is 0 Å². The van der Waals surface area contributed by atoms with E-state index in [1.54, 1.807) is 6.07 Å². The highest BCUT2D eigenvalue weighted by molar-refractivity contribution is 5.37. The molecule has 1 aliphatic heterocycles. The molecule has 0 fully saturated rings. The van der Waals surface area contributed by atoms with Gasteiger partial charge in [0.2, 0.25) is 0 Å². The maximum atomic E-state index is 14.4. The van der Waals surface area contributed by atoms with E-state index >= 15 is 0 Å². The van der Waals surface area contributed by atoms with Crippen LogP contribution in [0.3, 0.4) is 0 Å². The monoisotopic (exact) mass is 338 g/mol. The van der Waals surface area contributed by atoms with Crippen molar-refractivity contribution in [3.63, 3.8) is 0 Å². The first kappa shape index (κ1) is 17.0. The smallest absolute Gasteiger partial charge is 0.368 e. The second kappa shape index (κ2) is 6.55. The number of halogens is 4. The third-order valence-corrected chi connectivity index (χ3v) is 4.33. The van der Waals surface area contributed by atoms with Gasteiger partial charge in [0.25, 0.3) is 0 Å². The number of rotatable bonds is 3. The van der Waals surface area contributed by atoms with E-state index < -0.39 is 17.8 Å². The van der Waals surface area contributed by atoms with Gasteiger partial charge in [-0.1, -0.05) is 31.5 Å². The quantitative estimate of drug-likeness (QED) is 0.661. The summed E-state index contributed by atoms with van der Waals surface area (Å²) in [6.07, 6.45) is -2.70. The van der Waals surface area contributed by atoms with Gasteiger partial charge >= 0.3 is 6.18 Å². The fourth-order valence-corrected chi connectivity index (χ4v) is 3.08. The lowest BCUT2D eigenvalue weighted by Gasteiger charge is -2.27. The van der Waals surface area contributed by atoms with E-state index in [1.165, 1.54) is 12.1 Å². The maximum absolute atomic E-state index is 14.4. The molecule has 0 bridgehead atoms. The third-order valence-electron chi connectivity index (χ3n) is 4.33. The number of hydrogen-bond acceptors (Lipinski definition) is 1. The van der Waals surface area contributed by atoms with Gasteiger partial charge in [0.15, 0.2) is 0 Å². The zero-order valence-electron chi connectivity index (χ0n) is 13.3. The van der Waals surface area contributed by atoms with Gasteiger partial charge in [-0.25, -0.2) is 4.39 Å². The molecule has 1 atom stereocenters. The molecule has 0 spiro atoms. The number of hydrogen-bond donors (Lipinski definition) is 0. The number of alkyl halides is 3. The molecule has 1 nitrogen and oxygen atoms in total. The van der Waals surface area contributed by atoms with E-state index in [1.807, 2.05) is 13.0 Å². The average Bonchev–Trinajstić information content (AvgIpc) is 2.54. The minimum atomic E-state index is -4.36. The van der Waals surface area contributed by atoms with Crippen LogP contribution < -0.4 is 0 Å². The van der Waals surface area contributed by atoms with E-state index in [2.05, 4.69) is 0 Å². The SMILES string of the molecule is CCCc1cc(F)c2c(c1)COC(c1ccc(C(F)(F)F)cc1)C2. The lowest BCUT2D eigenvalue weighted by atomic mass is 9.92. The largest absolute Gasteiger partial charge is 0.416 e. The van der Waals surface area contributed by atoms with E-state index in [0.717, 1.165) is 36.1 Å². The van der Waals surface area contributed by atoms with E-state index in [9.17, 15) is 17.6 Å². The van der Waals surface area contributed by atoms with E-state index in [4.69, 9.17) is 4.74 Å². The van der Waals surface area contributed by atoms with Crippen molar-refractivity contribution in [2.24, 2.45) is 0 Å². The standard InChI is InChI=1S/C19H18F4O/c1-2-3-12-8-14-11-24-18(10-16(14)17(20)9-12)13-4-6-15(7-5-13)19(21,22)23/h4-9,18H,2-3,10-11H2,1H3. The van der Waals surface area contributed by atoms with Gasteiger partial charge in [-0.15, -0.1) is 0 Å². The Labute approximate surface area is 138 Å². The van der Waals surface area contributed by atoms with Gasteiger partial charge in [0.1, 0.15) is 5.82 Å². The predicted octanol–water partition coefficient (Wildman–Crippen LogP) is 5.61. The lowest BCUT2D eigenvalue weighted by molar-refractivity contribution is -0.137. The first-order valence-corrected chi connectivity index (χ1v) is 7.97. The first-order chi connectivity index (χ1) is 11.4. The normalized spacial score (nSPS) is 17.6. The predicted molar refractivity (Wildman–Crippen MR) is 83.1 cm³/mol. The Hall–Kier alpha value is -1.88. The fourth-order valence-electron chi connectivity index (χ4n) is 3.08. The summed E-state index contributed by atoms with van der Waals surface area (Å²) in [5.74, 6) is -0.254. The van der Waals surface area contributed by atoms with Gasteiger partial charge in [0.05, 0.1) is 18.3 Å². The molecule has 5 heteroatoms. The minimum Gasteiger partial charge on any atom is -0.368 e. The minimum absolute atomic E-state index is 0.254. The number of fused-ring (bicyclic) bond motifs is 1. The number of aryl methyl sites for hydroxylation is 1. The molecule has 2 aromatic carbocycles. The van der Waals surface area contributed by atoms with Crippen LogP contribution in [0.1, 0.15) is 47.3 Å². The summed E-state index contributed by atoms with van der Waals surface area (Å²) in [4.78, 5) is 0. The highest BCUT2D eigenvalue weighted by Crippen LogP contribution is 2.35. The van der Waals surface area contributed by atoms with Gasteiger partial charge in [-0.05, 0) is 46.9 Å². The summed E-state index contributed by atoms with van der Waals surface area (Å²) >= 11 is 0. The van der Waals surface area contributed by atoms with Crippen LogP contribution in [-0.2, 0) is 30.4 Å². The Kier molecular flexibility index (Phi) is 4.63. The Morgan fingerprint density at radius 3 is 2.46 bits per heavy atom. The molecule has 0 radical (unpaired) electrons. The third kappa shape index (κ3) is 3.46. The van der Waals surface area contributed by atoms with Gasteiger partial charge in [-0.2, -0.15) is 13.2 Å². The fraction of sp³-hybridized carbons (Fsp3) is 0.368. The molecule has 24 heavy (non-hydrogen) atoms. The van der Waals surface area contributed by atoms with Crippen molar-refractivity contribution >= 4 is 0 Å². The van der Waals surface area contributed by atoms with Crippen molar-refractivity contribution in [2.45, 2.75) is 45.1 Å². The van der Waals surface area contributed by atoms with Crippen LogP contribution in [0, 0.1) is 5.82 Å². The van der Waals surface area contributed by atoms with Crippen molar-refractivity contribution in [3.05, 3.63) is 70.0 Å². The molecular formula is C19H18F4O. The van der Waals surface area contributed by atoms with Crippen LogP contribution in [0.2, 0.25) is 0 Å². The first-order valence-electron chi connectivity index (χ1n) is 7.97. The number of benzene rings is 2. The molecule has 0 aromatic heterocycles. The van der Waals surface area contributed by atoms with Gasteiger partial charge in [0, 0.05) is 6.42 Å². The molecule has 3 rings (SSSR count). The molecule has 128 valence electrons. The van der Waals surface area contributed by atoms with Crippen LogP contribution in [-0.4, -0.2) is 0 Å². The highest BCUT2D eigenvalue weighted by Gasteiger charge is 2.31. The second-order valence-corrected chi connectivity index (χ2v) is 6.09. The molecule has 0 N–H and O–H groups in total. The summed E-state index contributed by atoms with van der Waals surface area (Å²) in [5.41, 5.74) is 2.32. The molecule has 0 aliphatic carbocycles. The Bertz CT molecular complexity index is 719. The molecule has 0 saturated carbocycles. The second-order valence-electron chi connectivity index (χ2n) is 6.09. The molecule has 1 heterocycles. The average molecular weight is 338 g/mol. The van der Waals surface area contributed by atoms with Crippen LogP contribution in [0.15, 0.2) is 36.4 Å². The van der Waals surface area contributed by atoms with Crippen LogP contribution in [0.4, 0.5) is 17.6 Å². The summed E-state index contributed by atoms with van der Waals surface area (Å²) in [7, 11) is 0. The zero-order chi connectivity index (χ0) is 17.3. The van der Waals surface area contributed by atoms with E-state index in [0.29, 0.717) is 17.5 Å². The Morgan fingerprint density at radius 1 is 1.12 bits per heavy atom. The Morgan fingerprint density at radius 2 is 1.83 bits per heavy atom. The van der Waals surface area contributed by atoms with Crippen LogP contribution >= 0.6 is 0 Å². The Balaban J connectivity index is 1.82. The van der Waals surface area contributed by atoms with Crippen molar-refractivity contribution in [2.75, 3.05) is 0 Å². The molecule has 0 amide bonds. The molecule has 2 aromatic rings. The maximum Gasteiger partial charge on any atom is 0.416 e. The molecule has 0 saturated heterocycles. The topological polar surface area (TPSA) is 9.23 Å². The van der Waals surface area contributed by atoms with E-state index in [-0.39, 0.29) is 12.4 Å². The molecule has 1 unspecified atom stereocenters. The summed E-state index contributed by atoms with van der Waals surface area (Å²) < 4.78 is 58.0. The van der Waals surface area contributed by atoms with Crippen LogP contribution in [0.5, 0.6) is 0 Å². The number of ether oxygens (including phenoxy) is 1. The molecule has 1 aliphatic rings. The summed E-state index contributed by atoms with van der Waals surface area (Å²) in [6.45, 7) is 2.31. The van der Waals surface area contributed by atoms with Crippen molar-refractivity contribution in [3.8, 4) is 0 Å². The van der Waals surface area contributed by atoms with Crippen molar-refractivity contribution in [1.29, 1.82) is 0 Å². The lowest BCUT2D eigenvalue weighted by Crippen LogP contribution is -2.17. The summed E-state index contributed by atoms with van der Waals surface area (Å²) in [6, 6.07) is 8.40. The van der Waals surface area contributed by atoms with Gasteiger partial charge < -0.3 is 4.74 Å². The molecular weight excluding hydrogens is 320 g/mol. The van der Waals surface area contributed by atoms with Crippen molar-refractivity contribution < 1.29 is 22.3 Å². The zero-order valence-corrected chi connectivity index (χ0v) is 13.3. The van der Waals surface area contributed by atoms with Crippen molar-refractivity contribution in [1.82, 2.24) is 0 Å². The highest BCUT2D eigenvalue weighted by atomic mass is 19.4. The summed E-state index contributed by atoms with van der Waals surface area (Å²) in [5, 5.41) is 0. The van der Waals surface area contributed by atoms with Gasteiger partial charge in [-0.3, -0.25) is 0 Å².